The summed E-state index contributed by atoms with van der Waals surface area (Å²) in [7, 11) is -3.29. The summed E-state index contributed by atoms with van der Waals surface area (Å²) in [6.45, 7) is 8.44. The van der Waals surface area contributed by atoms with Crippen molar-refractivity contribution in [3.63, 3.8) is 0 Å². The lowest BCUT2D eigenvalue weighted by Crippen LogP contribution is -2.27. The van der Waals surface area contributed by atoms with Gasteiger partial charge in [0, 0.05) is 12.6 Å². The Morgan fingerprint density at radius 3 is 2.10 bits per heavy atom. The van der Waals surface area contributed by atoms with E-state index in [2.05, 4.69) is 46.9 Å². The van der Waals surface area contributed by atoms with Crippen LogP contribution in [0.3, 0.4) is 0 Å². The summed E-state index contributed by atoms with van der Waals surface area (Å²) in [6.07, 6.45) is 5.87. The lowest BCUT2D eigenvalue weighted by molar-refractivity contribution is 0.324. The molecule has 2 N–H and O–H groups in total. The van der Waals surface area contributed by atoms with Gasteiger partial charge < -0.3 is 5.32 Å². The third-order valence-corrected chi connectivity index (χ3v) is 2.97. The molecular weight excluding hydrogens is 290 g/mol. The molecule has 0 aliphatic heterocycles. The molecule has 0 saturated carbocycles. The Bertz CT molecular complexity index is 490. The molecule has 118 valence electrons. The van der Waals surface area contributed by atoms with Gasteiger partial charge in [-0.15, -0.1) is 13.2 Å². The highest BCUT2D eigenvalue weighted by molar-refractivity contribution is 7.80. The molecule has 5 nitrogen and oxygen atoms in total. The van der Waals surface area contributed by atoms with E-state index in [0.29, 0.717) is 6.04 Å². The first-order valence-corrected chi connectivity index (χ1v) is 7.81. The minimum absolute atomic E-state index is 0.459. The molecule has 0 bridgehead atoms. The van der Waals surface area contributed by atoms with Gasteiger partial charge in [0.15, 0.2) is 0 Å². The molecule has 1 aromatic rings. The van der Waals surface area contributed by atoms with Crippen LogP contribution in [0.2, 0.25) is 0 Å². The number of hydrogen-bond acceptors (Lipinski definition) is 4. The first-order chi connectivity index (χ1) is 9.92. The van der Waals surface area contributed by atoms with E-state index < -0.39 is 10.4 Å². The highest BCUT2D eigenvalue weighted by Crippen LogP contribution is 2.03. The van der Waals surface area contributed by atoms with Gasteiger partial charge in [-0.25, -0.2) is 0 Å². The summed E-state index contributed by atoms with van der Waals surface area (Å²) in [5, 5.41) is 3.50. The van der Waals surface area contributed by atoms with Gasteiger partial charge in [0.25, 0.3) is 0 Å². The van der Waals surface area contributed by atoms with E-state index in [1.165, 1.54) is 5.56 Å². The zero-order valence-electron chi connectivity index (χ0n) is 12.2. The molecule has 0 saturated heterocycles. The molecule has 0 aromatic heterocycles. The second-order valence-electron chi connectivity index (χ2n) is 4.21. The Kier molecular flexibility index (Phi) is 10.4. The fraction of sp³-hybridized carbons (Fsp3) is 0.333. The molecule has 0 radical (unpaired) electrons. The van der Waals surface area contributed by atoms with Crippen LogP contribution in [-0.2, 0) is 21.1 Å². The first-order valence-electron chi connectivity index (χ1n) is 6.45. The van der Waals surface area contributed by atoms with Crippen molar-refractivity contribution in [1.29, 1.82) is 0 Å². The van der Waals surface area contributed by atoms with Crippen LogP contribution in [0.4, 0.5) is 0 Å². The van der Waals surface area contributed by atoms with E-state index in [4.69, 9.17) is 4.55 Å². The topological polar surface area (TPSA) is 75.6 Å². The van der Waals surface area contributed by atoms with E-state index in [9.17, 15) is 8.42 Å². The van der Waals surface area contributed by atoms with Crippen LogP contribution in [0.25, 0.3) is 0 Å². The molecule has 0 unspecified atom stereocenters. The quantitative estimate of drug-likeness (QED) is 0.570. The number of nitrogens with one attached hydrogen (secondary N) is 1. The molecule has 0 spiro atoms. The van der Waals surface area contributed by atoms with Crippen molar-refractivity contribution in [3.05, 3.63) is 61.2 Å². The van der Waals surface area contributed by atoms with Crippen molar-refractivity contribution >= 4 is 10.4 Å². The molecule has 0 heterocycles. The zero-order chi connectivity index (χ0) is 16.1. The van der Waals surface area contributed by atoms with Crippen LogP contribution < -0.4 is 5.32 Å². The lowest BCUT2D eigenvalue weighted by atomic mass is 10.1. The zero-order valence-corrected chi connectivity index (χ0v) is 13.1. The van der Waals surface area contributed by atoms with Crippen LogP contribution in [0.1, 0.15) is 18.4 Å². The molecule has 0 aliphatic carbocycles. The molecular formula is C15H23NO4S. The smallest absolute Gasteiger partial charge is 0.309 e. The average Bonchev–Trinajstić information content (AvgIpc) is 2.46. The lowest BCUT2D eigenvalue weighted by Gasteiger charge is -2.15. The fourth-order valence-corrected chi connectivity index (χ4v) is 1.52. The molecule has 0 atom stereocenters. The summed E-state index contributed by atoms with van der Waals surface area (Å²) in [5.41, 5.74) is 1.32. The Morgan fingerprint density at radius 2 is 1.71 bits per heavy atom. The molecule has 6 heteroatoms. The minimum atomic E-state index is -4.16. The summed E-state index contributed by atoms with van der Waals surface area (Å²) in [6, 6.07) is 10.9. The van der Waals surface area contributed by atoms with Crippen molar-refractivity contribution in [2.75, 3.05) is 7.11 Å². The normalized spacial score (nSPS) is 10.6. The number of benzene rings is 1. The second kappa shape index (κ2) is 11.2. The van der Waals surface area contributed by atoms with Gasteiger partial charge in [0.05, 0.1) is 7.11 Å². The predicted octanol–water partition coefficient (Wildman–Crippen LogP) is 2.73. The van der Waals surface area contributed by atoms with E-state index in [0.717, 1.165) is 26.5 Å². The number of rotatable bonds is 8. The van der Waals surface area contributed by atoms with Gasteiger partial charge >= 0.3 is 10.4 Å². The second-order valence-corrected chi connectivity index (χ2v) is 5.40. The summed E-state index contributed by atoms with van der Waals surface area (Å²) in [5.74, 6) is 0. The highest BCUT2D eigenvalue weighted by atomic mass is 32.3. The third kappa shape index (κ3) is 12.0. The maximum Gasteiger partial charge on any atom is 0.397 e. The Hall–Kier alpha value is -1.47. The van der Waals surface area contributed by atoms with Crippen LogP contribution in [0.15, 0.2) is 55.6 Å². The van der Waals surface area contributed by atoms with Crippen molar-refractivity contribution in [2.45, 2.75) is 25.4 Å². The van der Waals surface area contributed by atoms with Crippen molar-refractivity contribution < 1.29 is 17.2 Å². The van der Waals surface area contributed by atoms with E-state index in [1.807, 2.05) is 18.2 Å². The molecule has 1 rings (SSSR count). The van der Waals surface area contributed by atoms with Gasteiger partial charge in [-0.3, -0.25) is 8.74 Å². The molecule has 0 aliphatic rings. The van der Waals surface area contributed by atoms with Crippen molar-refractivity contribution in [2.24, 2.45) is 0 Å². The Balaban J connectivity index is 0.000000567. The molecule has 21 heavy (non-hydrogen) atoms. The molecule has 1 aromatic carbocycles. The van der Waals surface area contributed by atoms with Gasteiger partial charge in [-0.1, -0.05) is 42.5 Å². The van der Waals surface area contributed by atoms with Gasteiger partial charge in [0.1, 0.15) is 0 Å². The monoisotopic (exact) mass is 313 g/mol. The number of hydrogen-bond donors (Lipinski definition) is 2. The van der Waals surface area contributed by atoms with Crippen molar-refractivity contribution in [1.82, 2.24) is 5.32 Å². The summed E-state index contributed by atoms with van der Waals surface area (Å²) in [4.78, 5) is 0. The predicted molar refractivity (Wildman–Crippen MR) is 85.3 cm³/mol. The summed E-state index contributed by atoms with van der Waals surface area (Å²) < 4.78 is 29.7. The minimum Gasteiger partial charge on any atom is -0.309 e. The fourth-order valence-electron chi connectivity index (χ4n) is 1.52. The SMILES string of the molecule is C=CCC(CC=C)NCc1ccccc1.COS(=O)(=O)O. The van der Waals surface area contributed by atoms with Crippen LogP contribution in [0, 0.1) is 0 Å². The molecule has 0 fully saturated rings. The van der Waals surface area contributed by atoms with E-state index in [1.54, 1.807) is 0 Å². The van der Waals surface area contributed by atoms with Crippen LogP contribution in [0.5, 0.6) is 0 Å². The van der Waals surface area contributed by atoms with Crippen LogP contribution in [-0.4, -0.2) is 26.1 Å². The van der Waals surface area contributed by atoms with E-state index >= 15 is 0 Å². The maximum atomic E-state index is 9.33. The largest absolute Gasteiger partial charge is 0.397 e. The van der Waals surface area contributed by atoms with E-state index in [-0.39, 0.29) is 0 Å². The Morgan fingerprint density at radius 1 is 1.24 bits per heavy atom. The molecule has 0 amide bonds. The van der Waals surface area contributed by atoms with Gasteiger partial charge in [-0.05, 0) is 18.4 Å². The highest BCUT2D eigenvalue weighted by Gasteiger charge is 2.03. The maximum absolute atomic E-state index is 9.33. The average molecular weight is 313 g/mol. The Labute approximate surface area is 127 Å². The van der Waals surface area contributed by atoms with Crippen molar-refractivity contribution in [3.8, 4) is 0 Å². The standard InChI is InChI=1S/C14H19N.CH4O4S/c1-3-8-14(9-4-2)15-12-13-10-6-5-7-11-13;1-5-6(2,3)4/h3-7,10-11,14-15H,1-2,8-9,12H2;1H3,(H,2,3,4). The summed E-state index contributed by atoms with van der Waals surface area (Å²) >= 11 is 0. The first kappa shape index (κ1) is 19.5. The third-order valence-electron chi connectivity index (χ3n) is 2.55. The van der Waals surface area contributed by atoms with Gasteiger partial charge in [0.2, 0.25) is 0 Å². The van der Waals surface area contributed by atoms with Crippen LogP contribution >= 0.6 is 0 Å². The van der Waals surface area contributed by atoms with Gasteiger partial charge in [-0.2, -0.15) is 8.42 Å².